The molecule has 4 aliphatic carbocycles. The largest absolute Gasteiger partial charge is 0.376 e. The van der Waals surface area contributed by atoms with Crippen LogP contribution in [0.15, 0.2) is 18.2 Å². The maximum atomic E-state index is 13.2. The Labute approximate surface area is 148 Å². The summed E-state index contributed by atoms with van der Waals surface area (Å²) in [6, 6.07) is 5.83. The molecule has 4 N–H and O–H groups in total. The molecule has 0 aromatic heterocycles. The van der Waals surface area contributed by atoms with Crippen LogP contribution in [0.5, 0.6) is 0 Å². The monoisotopic (exact) mass is 343 g/mol. The maximum Gasteiger partial charge on any atom is 0.230 e. The second kappa shape index (κ2) is 5.73. The Bertz CT molecular complexity index is 665. The number of carbonyl (C=O) groups is 1. The number of benzene rings is 1. The van der Waals surface area contributed by atoms with Crippen LogP contribution in [-0.2, 0) is 4.79 Å². The van der Waals surface area contributed by atoms with E-state index in [1.165, 1.54) is 19.3 Å². The van der Waals surface area contributed by atoms with Crippen molar-refractivity contribution in [2.24, 2.45) is 28.9 Å². The summed E-state index contributed by atoms with van der Waals surface area (Å²) in [6.07, 6.45) is 7.27. The van der Waals surface area contributed by atoms with Gasteiger partial charge in [0.15, 0.2) is 5.11 Å². The predicted octanol–water partition coefficient (Wildman–Crippen LogP) is 3.81. The Morgan fingerprint density at radius 1 is 1.12 bits per heavy atom. The number of nitrogens with one attached hydrogen (secondary N) is 2. The van der Waals surface area contributed by atoms with Gasteiger partial charge in [-0.15, -0.1) is 0 Å². The van der Waals surface area contributed by atoms with E-state index in [0.717, 1.165) is 54.0 Å². The number of hydrogen-bond donors (Lipinski definition) is 3. The average molecular weight is 343 g/mol. The van der Waals surface area contributed by atoms with Crippen molar-refractivity contribution in [3.8, 4) is 0 Å². The Kier molecular flexibility index (Phi) is 3.79. The van der Waals surface area contributed by atoms with Crippen LogP contribution in [0.25, 0.3) is 0 Å². The van der Waals surface area contributed by atoms with Gasteiger partial charge in [0.1, 0.15) is 0 Å². The molecule has 0 heterocycles. The quantitative estimate of drug-likeness (QED) is 0.730. The van der Waals surface area contributed by atoms with Crippen LogP contribution in [0.4, 0.5) is 11.4 Å². The van der Waals surface area contributed by atoms with E-state index in [1.54, 1.807) is 0 Å². The average Bonchev–Trinajstić information content (AvgIpc) is 2.48. The summed E-state index contributed by atoms with van der Waals surface area (Å²) in [6.45, 7) is 2.01. The predicted molar refractivity (Wildman–Crippen MR) is 101 cm³/mol. The van der Waals surface area contributed by atoms with Gasteiger partial charge in [-0.3, -0.25) is 4.79 Å². The highest BCUT2D eigenvalue weighted by Gasteiger charge is 2.54. The number of nitrogens with two attached hydrogens (primary N) is 1. The molecule has 0 spiro atoms. The molecular formula is C19H25N3OS. The van der Waals surface area contributed by atoms with Gasteiger partial charge >= 0.3 is 0 Å². The molecule has 128 valence electrons. The number of thiocarbonyl (C=S) groups is 1. The number of aryl methyl sites for hydroxylation is 1. The molecule has 4 fully saturated rings. The molecule has 0 atom stereocenters. The summed E-state index contributed by atoms with van der Waals surface area (Å²) in [5.74, 6) is 2.53. The Morgan fingerprint density at radius 3 is 2.25 bits per heavy atom. The van der Waals surface area contributed by atoms with Crippen molar-refractivity contribution in [2.45, 2.75) is 45.4 Å². The molecule has 0 saturated heterocycles. The van der Waals surface area contributed by atoms with Crippen molar-refractivity contribution in [2.75, 3.05) is 10.6 Å². The van der Waals surface area contributed by atoms with Crippen molar-refractivity contribution >= 4 is 34.6 Å². The fraction of sp³-hybridized carbons (Fsp3) is 0.579. The van der Waals surface area contributed by atoms with Crippen LogP contribution in [0.2, 0.25) is 0 Å². The fourth-order valence-corrected chi connectivity index (χ4v) is 5.74. The molecule has 4 saturated carbocycles. The number of anilines is 2. The normalized spacial score (nSPS) is 33.3. The lowest BCUT2D eigenvalue weighted by molar-refractivity contribution is -0.140. The van der Waals surface area contributed by atoms with Gasteiger partial charge in [-0.25, -0.2) is 0 Å². The molecule has 5 heteroatoms. The van der Waals surface area contributed by atoms with Gasteiger partial charge in [-0.1, -0.05) is 6.07 Å². The lowest BCUT2D eigenvalue weighted by atomic mass is 9.49. The smallest absolute Gasteiger partial charge is 0.230 e. The van der Waals surface area contributed by atoms with E-state index in [1.807, 2.05) is 25.1 Å². The van der Waals surface area contributed by atoms with Gasteiger partial charge in [0.25, 0.3) is 0 Å². The summed E-state index contributed by atoms with van der Waals surface area (Å²) in [4.78, 5) is 13.2. The van der Waals surface area contributed by atoms with E-state index in [-0.39, 0.29) is 16.4 Å². The van der Waals surface area contributed by atoms with E-state index in [4.69, 9.17) is 18.0 Å². The van der Waals surface area contributed by atoms with Crippen molar-refractivity contribution in [3.63, 3.8) is 0 Å². The van der Waals surface area contributed by atoms with E-state index in [2.05, 4.69) is 10.6 Å². The van der Waals surface area contributed by atoms with Crippen LogP contribution in [-0.4, -0.2) is 11.0 Å². The van der Waals surface area contributed by atoms with Crippen LogP contribution in [0.1, 0.15) is 44.1 Å². The molecule has 1 aromatic rings. The first-order valence-corrected chi connectivity index (χ1v) is 9.33. The highest BCUT2D eigenvalue weighted by atomic mass is 32.1. The molecule has 0 aliphatic heterocycles. The van der Waals surface area contributed by atoms with Crippen LogP contribution >= 0.6 is 12.2 Å². The molecule has 1 aromatic carbocycles. The summed E-state index contributed by atoms with van der Waals surface area (Å²) in [5, 5.41) is 6.39. The molecule has 1 amide bonds. The van der Waals surface area contributed by atoms with E-state index in [9.17, 15) is 4.79 Å². The zero-order valence-corrected chi connectivity index (χ0v) is 14.9. The lowest BCUT2D eigenvalue weighted by Crippen LogP contribution is -2.51. The lowest BCUT2D eigenvalue weighted by Gasteiger charge is -2.55. The minimum absolute atomic E-state index is 0.131. The van der Waals surface area contributed by atoms with Crippen molar-refractivity contribution in [1.29, 1.82) is 0 Å². The van der Waals surface area contributed by atoms with E-state index < -0.39 is 0 Å². The second-order valence-corrected chi connectivity index (χ2v) is 8.61. The van der Waals surface area contributed by atoms with Crippen molar-refractivity contribution < 1.29 is 4.79 Å². The molecule has 24 heavy (non-hydrogen) atoms. The van der Waals surface area contributed by atoms with Gasteiger partial charge in [0, 0.05) is 11.4 Å². The summed E-state index contributed by atoms with van der Waals surface area (Å²) < 4.78 is 0. The highest BCUT2D eigenvalue weighted by Crippen LogP contribution is 2.60. The summed E-state index contributed by atoms with van der Waals surface area (Å²) in [5.41, 5.74) is 8.15. The number of amides is 1. The number of rotatable bonds is 3. The minimum Gasteiger partial charge on any atom is -0.376 e. The number of hydrogen-bond acceptors (Lipinski definition) is 2. The van der Waals surface area contributed by atoms with Crippen molar-refractivity contribution in [1.82, 2.24) is 0 Å². The molecule has 4 aliphatic rings. The third kappa shape index (κ3) is 2.79. The van der Waals surface area contributed by atoms with Gasteiger partial charge in [-0.05, 0) is 93.1 Å². The van der Waals surface area contributed by atoms with Crippen LogP contribution in [0.3, 0.4) is 0 Å². The standard InChI is InChI=1S/C19H25N3OS/c1-11-2-3-15(21-18(20)24)7-16(11)22-17(23)19-8-12-4-13(9-19)6-14(5-12)10-19/h2-3,7,12-14H,4-6,8-10H2,1H3,(H,22,23)(H3,20,21,24). The Balaban J connectivity index is 1.55. The topological polar surface area (TPSA) is 67.2 Å². The third-order valence-electron chi connectivity index (χ3n) is 6.27. The third-order valence-corrected chi connectivity index (χ3v) is 6.38. The SMILES string of the molecule is Cc1ccc(NC(N)=S)cc1NC(=O)C12CC3CC(CC(C3)C1)C2. The van der Waals surface area contributed by atoms with Gasteiger partial charge < -0.3 is 16.4 Å². The summed E-state index contributed by atoms with van der Waals surface area (Å²) in [7, 11) is 0. The maximum absolute atomic E-state index is 13.2. The molecular weight excluding hydrogens is 318 g/mol. The first-order valence-electron chi connectivity index (χ1n) is 8.92. The van der Waals surface area contributed by atoms with Crippen LogP contribution in [0, 0.1) is 30.1 Å². The Hall–Kier alpha value is -1.62. The minimum atomic E-state index is -0.131. The molecule has 4 nitrogen and oxygen atoms in total. The first kappa shape index (κ1) is 15.9. The fourth-order valence-electron chi connectivity index (χ4n) is 5.62. The molecule has 0 radical (unpaired) electrons. The zero-order chi connectivity index (χ0) is 16.9. The Morgan fingerprint density at radius 2 is 1.71 bits per heavy atom. The van der Waals surface area contributed by atoms with E-state index in [0.29, 0.717) is 0 Å². The first-order chi connectivity index (χ1) is 11.4. The van der Waals surface area contributed by atoms with Gasteiger partial charge in [0.2, 0.25) is 5.91 Å². The second-order valence-electron chi connectivity index (χ2n) is 8.17. The zero-order valence-electron chi connectivity index (χ0n) is 14.1. The molecule has 5 rings (SSSR count). The van der Waals surface area contributed by atoms with Gasteiger partial charge in [-0.2, -0.15) is 0 Å². The molecule has 4 bridgehead atoms. The molecule has 0 unspecified atom stereocenters. The van der Waals surface area contributed by atoms with Crippen molar-refractivity contribution in [3.05, 3.63) is 23.8 Å². The highest BCUT2D eigenvalue weighted by molar-refractivity contribution is 7.80. The van der Waals surface area contributed by atoms with Crippen LogP contribution < -0.4 is 16.4 Å². The number of carbonyl (C=O) groups excluding carboxylic acids is 1. The van der Waals surface area contributed by atoms with E-state index >= 15 is 0 Å². The van der Waals surface area contributed by atoms with Gasteiger partial charge in [0.05, 0.1) is 5.41 Å². The summed E-state index contributed by atoms with van der Waals surface area (Å²) >= 11 is 4.90.